The average molecular weight is 449 g/mol. The summed E-state index contributed by atoms with van der Waals surface area (Å²) in [5.41, 5.74) is 9.48. The monoisotopic (exact) mass is 448 g/mol. The summed E-state index contributed by atoms with van der Waals surface area (Å²) in [5, 5.41) is 5.15. The Labute approximate surface area is 204 Å². The third-order valence-electron chi connectivity index (χ3n) is 7.10. The molecule has 0 N–H and O–H groups in total. The maximum Gasteiger partial charge on any atom is 0.0548 e. The van der Waals surface area contributed by atoms with Gasteiger partial charge in [-0.1, -0.05) is 78.9 Å². The maximum atomic E-state index is 4.10. The molecule has 2 nitrogen and oxygen atoms in total. The molecular weight excluding hydrogens is 424 g/mol. The van der Waals surface area contributed by atoms with Gasteiger partial charge in [0, 0.05) is 32.9 Å². The number of para-hydroxylation sites is 3. The van der Waals surface area contributed by atoms with Crippen LogP contribution in [0.1, 0.15) is 12.5 Å². The van der Waals surface area contributed by atoms with E-state index < -0.39 is 0 Å². The fourth-order valence-electron chi connectivity index (χ4n) is 5.55. The van der Waals surface area contributed by atoms with Crippen LogP contribution in [-0.4, -0.2) is 9.13 Å². The highest BCUT2D eigenvalue weighted by molar-refractivity contribution is 6.28. The largest absolute Gasteiger partial charge is 0.309 e. The standard InChI is InChI=1S/C33H24N2/c1-22(2)23-16-18-25(19-17-23)35-29-15-9-7-13-27(29)33-31(35)21-20-30-32(33)26-12-6-8-14-28(26)34(30)24-10-4-3-5-11-24/h3-21H,1H2,2H3. The van der Waals surface area contributed by atoms with Crippen molar-refractivity contribution in [3.63, 3.8) is 0 Å². The second kappa shape index (κ2) is 7.48. The summed E-state index contributed by atoms with van der Waals surface area (Å²) in [6.07, 6.45) is 0. The highest BCUT2D eigenvalue weighted by Crippen LogP contribution is 2.42. The first-order chi connectivity index (χ1) is 17.2. The maximum absolute atomic E-state index is 4.10. The topological polar surface area (TPSA) is 9.86 Å². The molecule has 7 rings (SSSR count). The van der Waals surface area contributed by atoms with Gasteiger partial charge in [-0.15, -0.1) is 0 Å². The third-order valence-corrected chi connectivity index (χ3v) is 7.10. The number of hydrogen-bond donors (Lipinski definition) is 0. The van der Waals surface area contributed by atoms with Gasteiger partial charge in [0.25, 0.3) is 0 Å². The van der Waals surface area contributed by atoms with Gasteiger partial charge in [-0.3, -0.25) is 0 Å². The Morgan fingerprint density at radius 3 is 1.46 bits per heavy atom. The number of aromatic nitrogens is 2. The van der Waals surface area contributed by atoms with Crippen molar-refractivity contribution in [3.8, 4) is 11.4 Å². The lowest BCUT2D eigenvalue weighted by atomic mass is 10.1. The minimum Gasteiger partial charge on any atom is -0.309 e. The van der Waals surface area contributed by atoms with Gasteiger partial charge in [0.05, 0.1) is 22.1 Å². The Balaban J connectivity index is 1.66. The van der Waals surface area contributed by atoms with E-state index in [0.29, 0.717) is 0 Å². The number of hydrogen-bond acceptors (Lipinski definition) is 0. The Hall–Kier alpha value is -4.56. The molecule has 0 saturated heterocycles. The van der Waals surface area contributed by atoms with Crippen molar-refractivity contribution in [1.82, 2.24) is 9.13 Å². The van der Waals surface area contributed by atoms with Crippen LogP contribution >= 0.6 is 0 Å². The predicted octanol–water partition coefficient (Wildman–Crippen LogP) is 8.91. The molecule has 35 heavy (non-hydrogen) atoms. The lowest BCUT2D eigenvalue weighted by molar-refractivity contribution is 1.17. The van der Waals surface area contributed by atoms with Crippen LogP contribution < -0.4 is 0 Å². The van der Waals surface area contributed by atoms with Crippen molar-refractivity contribution in [1.29, 1.82) is 0 Å². The van der Waals surface area contributed by atoms with Crippen molar-refractivity contribution < 1.29 is 0 Å². The lowest BCUT2D eigenvalue weighted by Gasteiger charge is -2.10. The van der Waals surface area contributed by atoms with E-state index in [1.807, 2.05) is 0 Å². The van der Waals surface area contributed by atoms with Crippen LogP contribution in [0.15, 0.2) is 122 Å². The second-order valence-corrected chi connectivity index (χ2v) is 9.22. The second-order valence-electron chi connectivity index (χ2n) is 9.22. The van der Waals surface area contributed by atoms with Crippen LogP contribution in [0.2, 0.25) is 0 Å². The van der Waals surface area contributed by atoms with Gasteiger partial charge in [0.2, 0.25) is 0 Å². The number of rotatable bonds is 3. The van der Waals surface area contributed by atoms with Gasteiger partial charge in [0.1, 0.15) is 0 Å². The first-order valence-electron chi connectivity index (χ1n) is 12.0. The zero-order valence-electron chi connectivity index (χ0n) is 19.6. The summed E-state index contributed by atoms with van der Waals surface area (Å²) in [7, 11) is 0. The highest BCUT2D eigenvalue weighted by atomic mass is 15.0. The summed E-state index contributed by atoms with van der Waals surface area (Å²) >= 11 is 0. The summed E-state index contributed by atoms with van der Waals surface area (Å²) < 4.78 is 4.78. The van der Waals surface area contributed by atoms with Crippen LogP contribution in [0, 0.1) is 0 Å². The molecule has 0 atom stereocenters. The molecule has 5 aromatic carbocycles. The molecule has 2 aromatic heterocycles. The molecule has 7 aromatic rings. The molecule has 0 amide bonds. The van der Waals surface area contributed by atoms with Crippen LogP contribution in [0.25, 0.3) is 60.6 Å². The van der Waals surface area contributed by atoms with E-state index in [1.165, 1.54) is 54.9 Å². The van der Waals surface area contributed by atoms with E-state index in [-0.39, 0.29) is 0 Å². The Morgan fingerprint density at radius 1 is 0.486 bits per heavy atom. The van der Waals surface area contributed by atoms with E-state index in [4.69, 9.17) is 0 Å². The van der Waals surface area contributed by atoms with E-state index in [1.54, 1.807) is 0 Å². The van der Waals surface area contributed by atoms with E-state index in [0.717, 1.165) is 11.3 Å². The normalized spacial score (nSPS) is 11.7. The van der Waals surface area contributed by atoms with Gasteiger partial charge in [-0.2, -0.15) is 0 Å². The first-order valence-corrected chi connectivity index (χ1v) is 12.0. The molecule has 0 aliphatic rings. The summed E-state index contributed by atoms with van der Waals surface area (Å²) in [5.74, 6) is 0. The molecule has 0 bridgehead atoms. The van der Waals surface area contributed by atoms with Gasteiger partial charge in [-0.05, 0) is 61.0 Å². The smallest absolute Gasteiger partial charge is 0.0548 e. The van der Waals surface area contributed by atoms with Gasteiger partial charge >= 0.3 is 0 Å². The molecule has 0 radical (unpaired) electrons. The number of nitrogens with zero attached hydrogens (tertiary/aromatic N) is 2. The van der Waals surface area contributed by atoms with E-state index >= 15 is 0 Å². The predicted molar refractivity (Wildman–Crippen MR) is 150 cm³/mol. The molecule has 0 spiro atoms. The number of benzene rings is 5. The molecular formula is C33H24N2. The minimum absolute atomic E-state index is 1.08. The Bertz CT molecular complexity index is 1900. The average Bonchev–Trinajstić information content (AvgIpc) is 3.42. The number of fused-ring (bicyclic) bond motifs is 7. The molecule has 0 fully saturated rings. The minimum atomic E-state index is 1.08. The van der Waals surface area contributed by atoms with E-state index in [2.05, 4.69) is 138 Å². The van der Waals surface area contributed by atoms with E-state index in [9.17, 15) is 0 Å². The van der Waals surface area contributed by atoms with Gasteiger partial charge in [0.15, 0.2) is 0 Å². The molecule has 166 valence electrons. The van der Waals surface area contributed by atoms with Gasteiger partial charge < -0.3 is 9.13 Å². The van der Waals surface area contributed by atoms with Crippen molar-refractivity contribution >= 4 is 49.2 Å². The van der Waals surface area contributed by atoms with Crippen LogP contribution in [0.4, 0.5) is 0 Å². The molecule has 0 aliphatic heterocycles. The summed E-state index contributed by atoms with van der Waals surface area (Å²) in [6.45, 7) is 6.15. The molecule has 0 saturated carbocycles. The Kier molecular flexibility index (Phi) is 4.24. The lowest BCUT2D eigenvalue weighted by Crippen LogP contribution is -1.95. The van der Waals surface area contributed by atoms with Crippen LogP contribution in [-0.2, 0) is 0 Å². The zero-order valence-corrected chi connectivity index (χ0v) is 19.6. The summed E-state index contributed by atoms with van der Waals surface area (Å²) in [6, 6.07) is 41.5. The van der Waals surface area contributed by atoms with Crippen LogP contribution in [0.5, 0.6) is 0 Å². The third kappa shape index (κ3) is 2.83. The van der Waals surface area contributed by atoms with Crippen molar-refractivity contribution in [3.05, 3.63) is 127 Å². The SMILES string of the molecule is C=C(C)c1ccc(-n2c3ccccc3c3c4c5ccccc5n(-c5ccccc5)c4ccc32)cc1. The highest BCUT2D eigenvalue weighted by Gasteiger charge is 2.20. The fourth-order valence-corrected chi connectivity index (χ4v) is 5.55. The quantitative estimate of drug-likeness (QED) is 0.255. The van der Waals surface area contributed by atoms with Crippen molar-refractivity contribution in [2.75, 3.05) is 0 Å². The molecule has 2 heteroatoms. The van der Waals surface area contributed by atoms with Crippen molar-refractivity contribution in [2.45, 2.75) is 6.92 Å². The molecule has 0 aliphatic carbocycles. The first kappa shape index (κ1) is 19.9. The molecule has 0 unspecified atom stereocenters. The van der Waals surface area contributed by atoms with Crippen LogP contribution in [0.3, 0.4) is 0 Å². The van der Waals surface area contributed by atoms with Gasteiger partial charge in [-0.25, -0.2) is 0 Å². The van der Waals surface area contributed by atoms with Crippen molar-refractivity contribution in [2.24, 2.45) is 0 Å². The zero-order chi connectivity index (χ0) is 23.5. The fraction of sp³-hybridized carbons (Fsp3) is 0.0303. The Morgan fingerprint density at radius 2 is 0.943 bits per heavy atom. The summed E-state index contributed by atoms with van der Waals surface area (Å²) in [4.78, 5) is 0. The number of allylic oxidation sites excluding steroid dienone is 1. The molecule has 2 heterocycles.